The van der Waals surface area contributed by atoms with Gasteiger partial charge in [0, 0.05) is 5.56 Å². The van der Waals surface area contributed by atoms with Gasteiger partial charge in [-0.1, -0.05) is 39.0 Å². The van der Waals surface area contributed by atoms with Gasteiger partial charge in [-0.3, -0.25) is 25.8 Å². The van der Waals surface area contributed by atoms with E-state index < -0.39 is 34.8 Å². The minimum Gasteiger partial charge on any atom is -0.493 e. The van der Waals surface area contributed by atoms with E-state index in [1.165, 1.54) is 6.07 Å². The molecule has 1 saturated heterocycles. The number of nitrogens with one attached hydrogen (secondary N) is 3. The van der Waals surface area contributed by atoms with E-state index in [-0.39, 0.29) is 24.5 Å². The monoisotopic (exact) mass is 473 g/mol. The molecule has 0 radical (unpaired) electrons. The number of halogens is 3. The van der Waals surface area contributed by atoms with Gasteiger partial charge in [0.2, 0.25) is 0 Å². The third-order valence-corrected chi connectivity index (χ3v) is 5.39. The maximum Gasteiger partial charge on any atom is 0.419 e. The van der Waals surface area contributed by atoms with E-state index in [9.17, 15) is 22.8 Å². The Balaban J connectivity index is 1.96. The number of unbranched alkanes of at least 4 members (excludes halogenated alkanes) is 5. The lowest BCUT2D eigenvalue weighted by atomic mass is 10.0. The summed E-state index contributed by atoms with van der Waals surface area (Å²) < 4.78 is 51.5. The van der Waals surface area contributed by atoms with Crippen molar-refractivity contribution in [1.82, 2.24) is 16.2 Å². The summed E-state index contributed by atoms with van der Waals surface area (Å²) in [5.74, 6) is -1.77. The molecule has 7 nitrogen and oxygen atoms in total. The van der Waals surface area contributed by atoms with Gasteiger partial charge in [-0.25, -0.2) is 0 Å². The predicted molar refractivity (Wildman–Crippen MR) is 117 cm³/mol. The van der Waals surface area contributed by atoms with Crippen molar-refractivity contribution in [2.45, 2.75) is 83.7 Å². The van der Waals surface area contributed by atoms with Crippen LogP contribution in [0.2, 0.25) is 0 Å². The molecule has 3 N–H and O–H groups in total. The third-order valence-electron chi connectivity index (χ3n) is 5.39. The number of ether oxygens (including phenoxy) is 2. The molecule has 1 aliphatic heterocycles. The third kappa shape index (κ3) is 7.89. The van der Waals surface area contributed by atoms with Crippen molar-refractivity contribution in [3.05, 3.63) is 29.3 Å². The van der Waals surface area contributed by atoms with Gasteiger partial charge in [-0.15, -0.1) is 0 Å². The molecule has 0 bridgehead atoms. The van der Waals surface area contributed by atoms with Gasteiger partial charge in [0.1, 0.15) is 17.0 Å². The molecule has 33 heavy (non-hydrogen) atoms. The minimum atomic E-state index is -4.69. The molecule has 0 spiro atoms. The second-order valence-electron chi connectivity index (χ2n) is 8.99. The van der Waals surface area contributed by atoms with E-state index in [0.717, 1.165) is 44.2 Å². The predicted octanol–water partition coefficient (Wildman–Crippen LogP) is 4.32. The van der Waals surface area contributed by atoms with Crippen LogP contribution in [-0.2, 0) is 15.7 Å². The first-order chi connectivity index (χ1) is 15.4. The number of benzene rings is 1. The van der Waals surface area contributed by atoms with Crippen molar-refractivity contribution in [3.8, 4) is 5.75 Å². The summed E-state index contributed by atoms with van der Waals surface area (Å²) in [6.45, 7) is 7.45. The smallest absolute Gasteiger partial charge is 0.419 e. The zero-order valence-corrected chi connectivity index (χ0v) is 19.7. The van der Waals surface area contributed by atoms with Crippen molar-refractivity contribution < 1.29 is 32.2 Å². The molecule has 1 fully saturated rings. The number of hydrazine groups is 1. The van der Waals surface area contributed by atoms with Crippen molar-refractivity contribution in [1.29, 1.82) is 0 Å². The second kappa shape index (κ2) is 11.2. The topological polar surface area (TPSA) is 88.7 Å². The van der Waals surface area contributed by atoms with Gasteiger partial charge in [0.05, 0.1) is 18.8 Å². The first-order valence-electron chi connectivity index (χ1n) is 11.3. The number of hydrogen-bond donors (Lipinski definition) is 3. The minimum absolute atomic E-state index is 0.0740. The fourth-order valence-corrected chi connectivity index (χ4v) is 3.59. The fourth-order valence-electron chi connectivity index (χ4n) is 3.59. The summed E-state index contributed by atoms with van der Waals surface area (Å²) in [7, 11) is 0. The molecule has 0 saturated carbocycles. The number of amides is 2. The highest BCUT2D eigenvalue weighted by Crippen LogP contribution is 2.37. The van der Waals surface area contributed by atoms with Crippen LogP contribution in [0.1, 0.15) is 82.1 Å². The van der Waals surface area contributed by atoms with Crippen LogP contribution in [0, 0.1) is 0 Å². The molecule has 0 aliphatic carbocycles. The first kappa shape index (κ1) is 26.9. The van der Waals surface area contributed by atoms with Gasteiger partial charge in [0.25, 0.3) is 11.8 Å². The summed E-state index contributed by atoms with van der Waals surface area (Å²) >= 11 is 0. The molecule has 2 amide bonds. The van der Waals surface area contributed by atoms with Gasteiger partial charge < -0.3 is 9.47 Å². The van der Waals surface area contributed by atoms with Gasteiger partial charge >= 0.3 is 6.18 Å². The Hall–Kier alpha value is -2.33. The van der Waals surface area contributed by atoms with Crippen molar-refractivity contribution >= 4 is 11.8 Å². The molecule has 2 rings (SSSR count). The molecule has 1 aromatic carbocycles. The van der Waals surface area contributed by atoms with E-state index in [1.54, 1.807) is 20.8 Å². The van der Waals surface area contributed by atoms with Gasteiger partial charge in [0.15, 0.2) is 0 Å². The highest BCUT2D eigenvalue weighted by molar-refractivity contribution is 5.97. The number of carbonyl (C=O) groups is 2. The Kier molecular flexibility index (Phi) is 9.13. The van der Waals surface area contributed by atoms with Crippen LogP contribution in [0.25, 0.3) is 0 Å². The van der Waals surface area contributed by atoms with Crippen LogP contribution in [0.15, 0.2) is 18.2 Å². The molecule has 1 aliphatic rings. The molecule has 1 heterocycles. The van der Waals surface area contributed by atoms with E-state index >= 15 is 0 Å². The van der Waals surface area contributed by atoms with Crippen LogP contribution >= 0.6 is 0 Å². The fraction of sp³-hybridized carbons (Fsp3) is 0.652. The Bertz CT molecular complexity index is 830. The molecule has 186 valence electrons. The average Bonchev–Trinajstić information content (AvgIpc) is 3.04. The van der Waals surface area contributed by atoms with E-state index in [1.807, 2.05) is 0 Å². The Morgan fingerprint density at radius 3 is 2.36 bits per heavy atom. The standard InChI is InChI=1S/C23H34F3N3O4/c1-5-6-7-8-9-10-13-32-18-12-11-16(14-17(18)23(24,25)26)19(30)27-28-20(31)22(4)15-33-21(2,3)29-22/h11-12,14,29H,5-10,13,15H2,1-4H3,(H,27,30)(H,28,31)/t22-/m0/s1. The summed E-state index contributed by atoms with van der Waals surface area (Å²) in [5.41, 5.74) is 1.30. The molecule has 10 heteroatoms. The zero-order chi connectivity index (χ0) is 24.7. The molecule has 1 atom stereocenters. The van der Waals surface area contributed by atoms with E-state index in [4.69, 9.17) is 9.47 Å². The molecule has 0 aromatic heterocycles. The summed E-state index contributed by atoms with van der Waals surface area (Å²) in [4.78, 5) is 24.8. The molecule has 1 aromatic rings. The largest absolute Gasteiger partial charge is 0.493 e. The summed E-state index contributed by atoms with van der Waals surface area (Å²) in [5, 5.41) is 2.99. The number of rotatable bonds is 10. The maximum absolute atomic E-state index is 13.5. The maximum atomic E-state index is 13.5. The normalized spacial score (nSPS) is 19.8. The van der Waals surface area contributed by atoms with Crippen LogP contribution in [0.3, 0.4) is 0 Å². The lowest BCUT2D eigenvalue weighted by molar-refractivity contribution is -0.139. The van der Waals surface area contributed by atoms with Crippen LogP contribution in [-0.4, -0.2) is 36.3 Å². The van der Waals surface area contributed by atoms with E-state index in [2.05, 4.69) is 23.1 Å². The lowest BCUT2D eigenvalue weighted by Crippen LogP contribution is -2.59. The lowest BCUT2D eigenvalue weighted by Gasteiger charge is -2.25. The Morgan fingerprint density at radius 2 is 1.76 bits per heavy atom. The van der Waals surface area contributed by atoms with E-state index in [0.29, 0.717) is 6.42 Å². The van der Waals surface area contributed by atoms with Gasteiger partial charge in [-0.05, 0) is 45.4 Å². The molecule has 0 unspecified atom stereocenters. The van der Waals surface area contributed by atoms with Crippen LogP contribution in [0.4, 0.5) is 13.2 Å². The first-order valence-corrected chi connectivity index (χ1v) is 11.3. The Morgan fingerprint density at radius 1 is 1.09 bits per heavy atom. The van der Waals surface area contributed by atoms with Gasteiger partial charge in [-0.2, -0.15) is 13.2 Å². The van der Waals surface area contributed by atoms with Crippen molar-refractivity contribution in [2.75, 3.05) is 13.2 Å². The summed E-state index contributed by atoms with van der Waals surface area (Å²) in [6.07, 6.45) is 1.24. The number of alkyl halides is 3. The highest BCUT2D eigenvalue weighted by atomic mass is 19.4. The SMILES string of the molecule is CCCCCCCCOc1ccc(C(=O)NNC(=O)[C@]2(C)COC(C)(C)N2)cc1C(F)(F)F. The molecular weight excluding hydrogens is 439 g/mol. The summed E-state index contributed by atoms with van der Waals surface area (Å²) in [6, 6.07) is 3.09. The number of hydrogen-bond acceptors (Lipinski definition) is 5. The van der Waals surface area contributed by atoms with Crippen molar-refractivity contribution in [2.24, 2.45) is 0 Å². The second-order valence-corrected chi connectivity index (χ2v) is 8.99. The number of carbonyl (C=O) groups excluding carboxylic acids is 2. The van der Waals surface area contributed by atoms with Crippen LogP contribution < -0.4 is 20.9 Å². The highest BCUT2D eigenvalue weighted by Gasteiger charge is 2.45. The Labute approximate surface area is 192 Å². The molecular formula is C23H34F3N3O4. The average molecular weight is 474 g/mol. The van der Waals surface area contributed by atoms with Crippen molar-refractivity contribution in [3.63, 3.8) is 0 Å². The van der Waals surface area contributed by atoms with Crippen LogP contribution in [0.5, 0.6) is 5.75 Å². The zero-order valence-electron chi connectivity index (χ0n) is 19.7. The quantitative estimate of drug-likeness (QED) is 0.348.